The second-order valence-corrected chi connectivity index (χ2v) is 5.00. The van der Waals surface area contributed by atoms with Crippen molar-refractivity contribution in [2.45, 2.75) is 44.8 Å². The fourth-order valence-corrected chi connectivity index (χ4v) is 2.99. The minimum Gasteiger partial charge on any atom is -0.385 e. The quantitative estimate of drug-likeness (QED) is 0.874. The van der Waals surface area contributed by atoms with Gasteiger partial charge in [0.1, 0.15) is 11.7 Å². The summed E-state index contributed by atoms with van der Waals surface area (Å²) < 4.78 is 0. The summed E-state index contributed by atoms with van der Waals surface area (Å²) in [7, 11) is 0. The summed E-state index contributed by atoms with van der Waals surface area (Å²) in [5.41, 5.74) is 0.566. The van der Waals surface area contributed by atoms with E-state index in [1.807, 2.05) is 32.0 Å². The summed E-state index contributed by atoms with van der Waals surface area (Å²) in [5.74, 6) is -0.0446. The van der Waals surface area contributed by atoms with E-state index in [0.29, 0.717) is 29.6 Å². The molecule has 2 atom stereocenters. The zero-order valence-corrected chi connectivity index (χ0v) is 11.4. The molecule has 19 heavy (non-hydrogen) atoms. The molecule has 1 aromatic carbocycles. The van der Waals surface area contributed by atoms with Crippen LogP contribution in [-0.4, -0.2) is 21.6 Å². The van der Waals surface area contributed by atoms with Crippen molar-refractivity contribution in [3.05, 3.63) is 47.0 Å². The van der Waals surface area contributed by atoms with Crippen LogP contribution in [0.5, 0.6) is 0 Å². The highest BCUT2D eigenvalue weighted by Crippen LogP contribution is 2.44. The average molecular weight is 260 g/mol. The number of carbonyl (C=O) groups excluding carboxylic acids is 1. The molecule has 2 rings (SSSR count). The Morgan fingerprint density at radius 2 is 1.84 bits per heavy atom. The zero-order chi connectivity index (χ0) is 14.0. The van der Waals surface area contributed by atoms with Crippen molar-refractivity contribution in [2.24, 2.45) is 0 Å². The van der Waals surface area contributed by atoms with Gasteiger partial charge in [0.2, 0.25) is 0 Å². The molecule has 0 aliphatic heterocycles. The van der Waals surface area contributed by atoms with E-state index in [1.165, 1.54) is 0 Å². The average Bonchev–Trinajstić information content (AvgIpc) is 2.69. The molecule has 2 N–H and O–H groups in total. The predicted octanol–water partition coefficient (Wildman–Crippen LogP) is 2.54. The van der Waals surface area contributed by atoms with Gasteiger partial charge in [-0.05, 0) is 29.6 Å². The lowest BCUT2D eigenvalue weighted by molar-refractivity contribution is -0.121. The van der Waals surface area contributed by atoms with Crippen molar-refractivity contribution in [2.75, 3.05) is 0 Å². The van der Waals surface area contributed by atoms with Crippen molar-refractivity contribution in [3.8, 4) is 0 Å². The third kappa shape index (κ3) is 2.24. The second kappa shape index (κ2) is 5.27. The Morgan fingerprint density at radius 3 is 2.37 bits per heavy atom. The normalized spacial score (nSPS) is 24.9. The van der Waals surface area contributed by atoms with Gasteiger partial charge >= 0.3 is 0 Å². The van der Waals surface area contributed by atoms with E-state index in [4.69, 9.17) is 0 Å². The molecule has 0 radical (unpaired) electrons. The van der Waals surface area contributed by atoms with Gasteiger partial charge in [0.05, 0.1) is 0 Å². The fraction of sp³-hybridized carbons (Fsp3) is 0.438. The second-order valence-electron chi connectivity index (χ2n) is 5.00. The maximum atomic E-state index is 12.0. The first-order chi connectivity index (χ1) is 9.04. The van der Waals surface area contributed by atoms with Gasteiger partial charge < -0.3 is 10.2 Å². The Hall–Kier alpha value is -1.45. The van der Waals surface area contributed by atoms with Crippen molar-refractivity contribution >= 4 is 5.78 Å². The molecule has 1 aliphatic carbocycles. The molecule has 3 heteroatoms. The maximum absolute atomic E-state index is 12.0. The number of hydrogen-bond acceptors (Lipinski definition) is 3. The zero-order valence-electron chi connectivity index (χ0n) is 11.4. The molecule has 0 aromatic heterocycles. The van der Waals surface area contributed by atoms with Crippen LogP contribution < -0.4 is 0 Å². The maximum Gasteiger partial charge on any atom is 0.162 e. The summed E-state index contributed by atoms with van der Waals surface area (Å²) >= 11 is 0. The number of ketones is 1. The molecule has 0 unspecified atom stereocenters. The first kappa shape index (κ1) is 14.0. The van der Waals surface area contributed by atoms with E-state index in [-0.39, 0.29) is 12.2 Å². The summed E-state index contributed by atoms with van der Waals surface area (Å²) in [6.45, 7) is 3.82. The van der Waals surface area contributed by atoms with Crippen LogP contribution >= 0.6 is 0 Å². The van der Waals surface area contributed by atoms with Gasteiger partial charge in [-0.1, -0.05) is 44.2 Å². The Morgan fingerprint density at radius 1 is 1.21 bits per heavy atom. The van der Waals surface area contributed by atoms with E-state index in [2.05, 4.69) is 0 Å². The summed E-state index contributed by atoms with van der Waals surface area (Å²) in [6.07, 6.45) is 0.105. The first-order valence-corrected chi connectivity index (χ1v) is 6.75. The number of rotatable bonds is 4. The molecule has 3 nitrogen and oxygen atoms in total. The van der Waals surface area contributed by atoms with Crippen LogP contribution in [0.2, 0.25) is 0 Å². The highest BCUT2D eigenvalue weighted by molar-refractivity contribution is 6.00. The standard InChI is InChI=1S/C16H20O3/c1-3-12-13(4-2)16(19,10-14(12)17)15(18)11-8-6-5-7-9-11/h5-9,15,18-19H,3-4,10H2,1-2H3/t15-,16-/m1/s1. The fourth-order valence-electron chi connectivity index (χ4n) is 2.99. The largest absolute Gasteiger partial charge is 0.385 e. The monoisotopic (exact) mass is 260 g/mol. The predicted molar refractivity (Wildman–Crippen MR) is 73.6 cm³/mol. The molecule has 1 aromatic rings. The lowest BCUT2D eigenvalue weighted by atomic mass is 9.83. The number of aliphatic hydroxyl groups is 2. The Labute approximate surface area is 113 Å². The Balaban J connectivity index is 2.43. The SMILES string of the molecule is CCC1=C(CC)[C@@](O)([C@H](O)c2ccccc2)CC1=O. The molecule has 0 saturated carbocycles. The van der Waals surface area contributed by atoms with Gasteiger partial charge in [-0.15, -0.1) is 0 Å². The van der Waals surface area contributed by atoms with Crippen molar-refractivity contribution < 1.29 is 15.0 Å². The molecule has 0 spiro atoms. The number of aliphatic hydroxyl groups excluding tert-OH is 1. The van der Waals surface area contributed by atoms with Crippen LogP contribution in [0.1, 0.15) is 44.8 Å². The van der Waals surface area contributed by atoms with Gasteiger partial charge in [0.15, 0.2) is 5.78 Å². The Kier molecular flexibility index (Phi) is 3.88. The van der Waals surface area contributed by atoms with E-state index >= 15 is 0 Å². The first-order valence-electron chi connectivity index (χ1n) is 6.75. The molecule has 0 bridgehead atoms. The lowest BCUT2D eigenvalue weighted by Gasteiger charge is -2.31. The van der Waals surface area contributed by atoms with Gasteiger partial charge in [-0.3, -0.25) is 4.79 Å². The summed E-state index contributed by atoms with van der Waals surface area (Å²) in [4.78, 5) is 12.0. The van der Waals surface area contributed by atoms with E-state index in [1.54, 1.807) is 12.1 Å². The minimum atomic E-state index is -1.45. The van der Waals surface area contributed by atoms with E-state index in [0.717, 1.165) is 0 Å². The van der Waals surface area contributed by atoms with Crippen LogP contribution in [0, 0.1) is 0 Å². The minimum absolute atomic E-state index is 0.0184. The number of benzene rings is 1. The van der Waals surface area contributed by atoms with Gasteiger partial charge in [0, 0.05) is 6.42 Å². The number of hydrogen-bond donors (Lipinski definition) is 2. The number of carbonyl (C=O) groups is 1. The van der Waals surface area contributed by atoms with Crippen LogP contribution in [0.3, 0.4) is 0 Å². The highest BCUT2D eigenvalue weighted by atomic mass is 16.3. The van der Waals surface area contributed by atoms with Crippen LogP contribution in [0.15, 0.2) is 41.5 Å². The van der Waals surface area contributed by atoms with Gasteiger partial charge in [-0.25, -0.2) is 0 Å². The third-order valence-corrected chi connectivity index (χ3v) is 3.93. The molecular weight excluding hydrogens is 240 g/mol. The topological polar surface area (TPSA) is 57.5 Å². The van der Waals surface area contributed by atoms with Crippen molar-refractivity contribution in [1.29, 1.82) is 0 Å². The van der Waals surface area contributed by atoms with Crippen LogP contribution in [0.25, 0.3) is 0 Å². The molecule has 0 heterocycles. The highest BCUT2D eigenvalue weighted by Gasteiger charge is 2.47. The molecular formula is C16H20O3. The van der Waals surface area contributed by atoms with Crippen LogP contribution in [-0.2, 0) is 4.79 Å². The molecule has 0 saturated heterocycles. The molecule has 0 amide bonds. The van der Waals surface area contributed by atoms with Gasteiger partial charge in [0.25, 0.3) is 0 Å². The van der Waals surface area contributed by atoms with Crippen molar-refractivity contribution in [3.63, 3.8) is 0 Å². The lowest BCUT2D eigenvalue weighted by Crippen LogP contribution is -2.36. The summed E-state index contributed by atoms with van der Waals surface area (Å²) in [5, 5.41) is 21.3. The number of allylic oxidation sites excluding steroid dienone is 1. The molecule has 1 aliphatic rings. The smallest absolute Gasteiger partial charge is 0.162 e. The molecule has 0 fully saturated rings. The molecule has 102 valence electrons. The third-order valence-electron chi connectivity index (χ3n) is 3.93. The van der Waals surface area contributed by atoms with E-state index < -0.39 is 11.7 Å². The Bertz CT molecular complexity index is 504. The van der Waals surface area contributed by atoms with E-state index in [9.17, 15) is 15.0 Å². The number of Topliss-reactive ketones (excluding diaryl/α,β-unsaturated/α-hetero) is 1. The van der Waals surface area contributed by atoms with Crippen LogP contribution in [0.4, 0.5) is 0 Å². The van der Waals surface area contributed by atoms with Crippen molar-refractivity contribution in [1.82, 2.24) is 0 Å². The summed E-state index contributed by atoms with van der Waals surface area (Å²) in [6, 6.07) is 9.02. The van der Waals surface area contributed by atoms with Gasteiger partial charge in [-0.2, -0.15) is 0 Å².